The van der Waals surface area contributed by atoms with Crippen LogP contribution in [-0.2, 0) is 22.7 Å². The zero-order valence-corrected chi connectivity index (χ0v) is 13.2. The Labute approximate surface area is 140 Å². The lowest BCUT2D eigenvalue weighted by Crippen LogP contribution is -2.43. The highest BCUT2D eigenvalue weighted by Gasteiger charge is 2.24. The first-order valence-electron chi connectivity index (χ1n) is 7.82. The molecule has 0 saturated heterocycles. The molecule has 0 atom stereocenters. The average molecular weight is 325 g/mol. The molecule has 0 aliphatic carbocycles. The summed E-state index contributed by atoms with van der Waals surface area (Å²) in [5, 5.41) is 2.51. The Morgan fingerprint density at radius 1 is 1.04 bits per heavy atom. The van der Waals surface area contributed by atoms with E-state index in [9.17, 15) is 9.59 Å². The van der Waals surface area contributed by atoms with Crippen molar-refractivity contribution in [2.45, 2.75) is 13.0 Å². The molecule has 6 nitrogen and oxygen atoms in total. The summed E-state index contributed by atoms with van der Waals surface area (Å²) < 4.78 is 0. The van der Waals surface area contributed by atoms with Crippen molar-refractivity contribution in [3.8, 4) is 0 Å². The summed E-state index contributed by atoms with van der Waals surface area (Å²) in [4.78, 5) is 30.7. The Kier molecular flexibility index (Phi) is 5.08. The summed E-state index contributed by atoms with van der Waals surface area (Å²) in [5.74, 6) is -0.141. The number of carbonyl (C=O) groups excluding carboxylic acids is 2. The average Bonchev–Trinajstić information content (AvgIpc) is 3.05. The van der Waals surface area contributed by atoms with E-state index >= 15 is 0 Å². The van der Waals surface area contributed by atoms with Crippen LogP contribution < -0.4 is 15.7 Å². The van der Waals surface area contributed by atoms with Crippen LogP contribution in [0, 0.1) is 0 Å². The van der Waals surface area contributed by atoms with E-state index in [0.717, 1.165) is 23.2 Å². The van der Waals surface area contributed by atoms with E-state index < -0.39 is 6.03 Å². The second-order valence-corrected chi connectivity index (χ2v) is 5.48. The molecule has 2 N–H and O–H groups in total. The number of carbonyl (C=O) groups is 2. The first-order chi connectivity index (χ1) is 11.7. The molecule has 0 spiro atoms. The number of hydrogen-bond acceptors (Lipinski definition) is 3. The molecular formula is C18H19N3O3. The highest BCUT2D eigenvalue weighted by molar-refractivity contribution is 5.98. The van der Waals surface area contributed by atoms with Crippen LogP contribution >= 0.6 is 0 Å². The van der Waals surface area contributed by atoms with Gasteiger partial charge in [0.1, 0.15) is 0 Å². The summed E-state index contributed by atoms with van der Waals surface area (Å²) in [6.07, 6.45) is 0.842. The predicted molar refractivity (Wildman–Crippen MR) is 90.3 cm³/mol. The first kappa shape index (κ1) is 16.0. The van der Waals surface area contributed by atoms with Crippen molar-refractivity contribution in [3.05, 3.63) is 65.7 Å². The van der Waals surface area contributed by atoms with Gasteiger partial charge in [-0.1, -0.05) is 48.5 Å². The van der Waals surface area contributed by atoms with Crippen LogP contribution in [0.1, 0.15) is 11.1 Å². The quantitative estimate of drug-likeness (QED) is 0.826. The summed E-state index contributed by atoms with van der Waals surface area (Å²) >= 11 is 0. The maximum atomic E-state index is 12.3. The molecular weight excluding hydrogens is 306 g/mol. The third-order valence-electron chi connectivity index (χ3n) is 3.83. The highest BCUT2D eigenvalue weighted by atomic mass is 16.7. The number of amides is 3. The molecule has 24 heavy (non-hydrogen) atoms. The molecule has 3 rings (SSSR count). The lowest BCUT2D eigenvalue weighted by molar-refractivity contribution is -0.117. The third-order valence-corrected chi connectivity index (χ3v) is 3.83. The van der Waals surface area contributed by atoms with E-state index in [0.29, 0.717) is 6.54 Å². The lowest BCUT2D eigenvalue weighted by atomic mass is 10.2. The smallest absolute Gasteiger partial charge is 0.327 e. The molecule has 1 heterocycles. The number of nitrogens with zero attached hydrogens (tertiary/aromatic N) is 1. The van der Waals surface area contributed by atoms with Crippen molar-refractivity contribution in [3.63, 3.8) is 0 Å². The highest BCUT2D eigenvalue weighted by Crippen LogP contribution is 2.27. The van der Waals surface area contributed by atoms with Gasteiger partial charge in [0.25, 0.3) is 0 Å². The molecule has 0 radical (unpaired) electrons. The molecule has 0 saturated carbocycles. The summed E-state index contributed by atoms with van der Waals surface area (Å²) in [6.45, 7) is 0.836. The van der Waals surface area contributed by atoms with Gasteiger partial charge >= 0.3 is 6.03 Å². The van der Waals surface area contributed by atoms with Gasteiger partial charge in [-0.2, -0.15) is 0 Å². The molecule has 124 valence electrons. The van der Waals surface area contributed by atoms with Crippen molar-refractivity contribution in [1.82, 2.24) is 10.8 Å². The van der Waals surface area contributed by atoms with E-state index in [2.05, 4.69) is 10.8 Å². The number of para-hydroxylation sites is 1. The fourth-order valence-corrected chi connectivity index (χ4v) is 2.64. The molecule has 0 fully saturated rings. The summed E-state index contributed by atoms with van der Waals surface area (Å²) in [5.41, 5.74) is 5.30. The summed E-state index contributed by atoms with van der Waals surface area (Å²) in [7, 11) is 0. The Morgan fingerprint density at radius 3 is 2.62 bits per heavy atom. The van der Waals surface area contributed by atoms with Gasteiger partial charge in [-0.3, -0.25) is 9.63 Å². The SMILES string of the molecule is O=C(NCC(=O)N1CCc2ccccc21)NOCc1ccccc1. The Morgan fingerprint density at radius 2 is 1.79 bits per heavy atom. The Hall–Kier alpha value is -2.86. The third kappa shape index (κ3) is 3.91. The molecule has 3 amide bonds. The maximum absolute atomic E-state index is 12.3. The van der Waals surface area contributed by atoms with Crippen molar-refractivity contribution in [2.24, 2.45) is 0 Å². The second kappa shape index (κ2) is 7.61. The zero-order valence-electron chi connectivity index (χ0n) is 13.2. The Balaban J connectivity index is 1.41. The number of nitrogens with one attached hydrogen (secondary N) is 2. The van der Waals surface area contributed by atoms with E-state index in [1.54, 1.807) is 4.90 Å². The lowest BCUT2D eigenvalue weighted by Gasteiger charge is -2.17. The van der Waals surface area contributed by atoms with Gasteiger partial charge in [0.2, 0.25) is 5.91 Å². The van der Waals surface area contributed by atoms with Crippen LogP contribution in [0.3, 0.4) is 0 Å². The van der Waals surface area contributed by atoms with Crippen LogP contribution in [0.4, 0.5) is 10.5 Å². The monoisotopic (exact) mass is 325 g/mol. The molecule has 6 heteroatoms. The van der Waals surface area contributed by atoms with Crippen LogP contribution in [0.5, 0.6) is 0 Å². The van der Waals surface area contributed by atoms with Gasteiger partial charge in [-0.25, -0.2) is 10.3 Å². The van der Waals surface area contributed by atoms with Gasteiger partial charge in [0.05, 0.1) is 13.2 Å². The van der Waals surface area contributed by atoms with E-state index in [4.69, 9.17) is 4.84 Å². The topological polar surface area (TPSA) is 70.7 Å². The number of hydroxylamine groups is 1. The number of benzene rings is 2. The molecule has 1 aliphatic heterocycles. The molecule has 0 aromatic heterocycles. The molecule has 1 aliphatic rings. The molecule has 0 bridgehead atoms. The van der Waals surface area contributed by atoms with Crippen molar-refractivity contribution >= 4 is 17.6 Å². The van der Waals surface area contributed by atoms with Crippen LogP contribution in [0.25, 0.3) is 0 Å². The van der Waals surface area contributed by atoms with Gasteiger partial charge in [0.15, 0.2) is 0 Å². The number of rotatable bonds is 5. The number of anilines is 1. The minimum absolute atomic E-state index is 0.0745. The molecule has 0 unspecified atom stereocenters. The van der Waals surface area contributed by atoms with Gasteiger partial charge in [0, 0.05) is 12.2 Å². The van der Waals surface area contributed by atoms with Crippen LogP contribution in [0.2, 0.25) is 0 Å². The normalized spacial score (nSPS) is 12.6. The first-order valence-corrected chi connectivity index (χ1v) is 7.82. The van der Waals surface area contributed by atoms with Gasteiger partial charge in [-0.15, -0.1) is 0 Å². The van der Waals surface area contributed by atoms with Crippen molar-refractivity contribution in [1.29, 1.82) is 0 Å². The summed E-state index contributed by atoms with van der Waals surface area (Å²) in [6, 6.07) is 16.8. The van der Waals surface area contributed by atoms with Crippen molar-refractivity contribution < 1.29 is 14.4 Å². The van der Waals surface area contributed by atoms with Crippen LogP contribution in [-0.4, -0.2) is 25.0 Å². The second-order valence-electron chi connectivity index (χ2n) is 5.48. The van der Waals surface area contributed by atoms with Crippen LogP contribution in [0.15, 0.2) is 54.6 Å². The fraction of sp³-hybridized carbons (Fsp3) is 0.222. The van der Waals surface area contributed by atoms with Crippen molar-refractivity contribution in [2.75, 3.05) is 18.0 Å². The largest absolute Gasteiger partial charge is 0.339 e. The van der Waals surface area contributed by atoms with Gasteiger partial charge in [-0.05, 0) is 23.6 Å². The van der Waals surface area contributed by atoms with E-state index in [1.807, 2.05) is 54.6 Å². The van der Waals surface area contributed by atoms with E-state index in [-0.39, 0.29) is 19.1 Å². The van der Waals surface area contributed by atoms with E-state index in [1.165, 1.54) is 0 Å². The molecule has 2 aromatic rings. The zero-order chi connectivity index (χ0) is 16.8. The minimum atomic E-state index is -0.535. The minimum Gasteiger partial charge on any atom is -0.327 e. The number of fused-ring (bicyclic) bond motifs is 1. The fourth-order valence-electron chi connectivity index (χ4n) is 2.64. The molecule has 2 aromatic carbocycles. The predicted octanol–water partition coefficient (Wildman–Crippen LogP) is 2.01. The number of hydrogen-bond donors (Lipinski definition) is 2. The number of urea groups is 1. The van der Waals surface area contributed by atoms with Gasteiger partial charge < -0.3 is 10.2 Å². The Bertz CT molecular complexity index is 718. The maximum Gasteiger partial charge on any atom is 0.339 e. The standard InChI is InChI=1S/C18H19N3O3/c22-17(21-11-10-15-8-4-5-9-16(15)21)12-19-18(23)20-24-13-14-6-2-1-3-7-14/h1-9H,10-13H2,(H2,19,20,23).